The van der Waals surface area contributed by atoms with Gasteiger partial charge in [0.05, 0.1) is 0 Å². The predicted octanol–water partition coefficient (Wildman–Crippen LogP) is 6.84. The number of aryl methyl sites for hydroxylation is 1. The number of fused-ring (bicyclic) bond motifs is 4. The average molecular weight is 492 g/mol. The summed E-state index contributed by atoms with van der Waals surface area (Å²) in [6, 6.07) is 25.5. The van der Waals surface area contributed by atoms with Gasteiger partial charge in [-0.2, -0.15) is 0 Å². The molecule has 0 unspecified atom stereocenters. The second-order valence-corrected chi connectivity index (χ2v) is 20.3. The van der Waals surface area contributed by atoms with Crippen molar-refractivity contribution in [2.75, 3.05) is 0 Å². The minimum atomic E-state index is -1.97. The van der Waals surface area contributed by atoms with Gasteiger partial charge in [-0.05, 0) is 0 Å². The summed E-state index contributed by atoms with van der Waals surface area (Å²) < 4.78 is 10.2. The number of hydrogen-bond donors (Lipinski definition) is 0. The Hall–Kier alpha value is -3.38. The molecule has 0 bridgehead atoms. The summed E-state index contributed by atoms with van der Waals surface area (Å²) in [5.41, 5.74) is 6.76. The number of furan rings is 1. The van der Waals surface area contributed by atoms with Crippen LogP contribution in [0.1, 0.15) is 5.56 Å². The third kappa shape index (κ3) is 3.20. The molecule has 3 aromatic heterocycles. The maximum absolute atomic E-state index is 6.55. The van der Waals surface area contributed by atoms with Gasteiger partial charge in [-0.3, -0.25) is 0 Å². The van der Waals surface area contributed by atoms with Crippen molar-refractivity contribution >= 4 is 50.8 Å². The fourth-order valence-corrected chi connectivity index (χ4v) is 7.01. The summed E-state index contributed by atoms with van der Waals surface area (Å²) in [7, 11) is 0. The van der Waals surface area contributed by atoms with Crippen molar-refractivity contribution in [3.05, 3.63) is 84.6 Å². The molecule has 0 amide bonds. The zero-order chi connectivity index (χ0) is 22.7. The summed E-state index contributed by atoms with van der Waals surface area (Å²) in [5.74, 6) is 8.07. The third-order valence-corrected chi connectivity index (χ3v) is 10.7. The first-order valence-corrected chi connectivity index (χ1v) is 18.6. The standard InChI is InChI=1S/C28H25GeN3O/c1-18-15-16-30-27-25(18)32(20-9-6-5-7-10-20)28(31-27)23-12-8-11-22-21-14-13-19(29(2,3)4)17-24(21)33-26(22)23/h5-17H,1-4H3. The first-order valence-electron chi connectivity index (χ1n) is 11.3. The van der Waals surface area contributed by atoms with E-state index in [0.717, 1.165) is 55.7 Å². The van der Waals surface area contributed by atoms with Crippen molar-refractivity contribution in [2.24, 2.45) is 0 Å². The first kappa shape index (κ1) is 20.2. The summed E-state index contributed by atoms with van der Waals surface area (Å²) in [6.45, 7) is 2.11. The number of imidazole rings is 1. The molecule has 6 aromatic rings. The van der Waals surface area contributed by atoms with Crippen LogP contribution in [0.15, 0.2) is 83.4 Å². The van der Waals surface area contributed by atoms with Crippen molar-refractivity contribution in [3.63, 3.8) is 0 Å². The summed E-state index contributed by atoms with van der Waals surface area (Å²) in [6.07, 6.45) is 1.82. The number of nitrogens with zero attached hydrogens (tertiary/aromatic N) is 3. The molecule has 0 aliphatic heterocycles. The van der Waals surface area contributed by atoms with E-state index in [1.54, 1.807) is 0 Å². The summed E-state index contributed by atoms with van der Waals surface area (Å²) >= 11 is -1.97. The van der Waals surface area contributed by atoms with Crippen molar-refractivity contribution in [2.45, 2.75) is 24.2 Å². The Balaban J connectivity index is 1.69. The van der Waals surface area contributed by atoms with Crippen LogP contribution in [-0.2, 0) is 0 Å². The SMILES string of the molecule is Cc1ccnc2nc(-c3cccc4c3oc3c[c]([Ge]([CH3])([CH3])[CH3])ccc34)n(-c3ccccc3)c12. The molecule has 162 valence electrons. The van der Waals surface area contributed by atoms with Gasteiger partial charge in [0, 0.05) is 0 Å². The molecule has 5 heteroatoms. The van der Waals surface area contributed by atoms with Gasteiger partial charge in [-0.25, -0.2) is 0 Å². The molecule has 0 aliphatic carbocycles. The van der Waals surface area contributed by atoms with E-state index < -0.39 is 13.3 Å². The molecule has 0 saturated heterocycles. The van der Waals surface area contributed by atoms with Gasteiger partial charge in [-0.1, -0.05) is 0 Å². The van der Waals surface area contributed by atoms with Crippen LogP contribution in [0.5, 0.6) is 0 Å². The molecule has 3 aromatic carbocycles. The average Bonchev–Trinajstić information content (AvgIpc) is 3.38. The molecular formula is C28H25GeN3O. The fraction of sp³-hybridized carbons (Fsp3) is 0.143. The zero-order valence-electron chi connectivity index (χ0n) is 19.3. The Bertz CT molecular complexity index is 1660. The van der Waals surface area contributed by atoms with Crippen molar-refractivity contribution in [1.29, 1.82) is 0 Å². The van der Waals surface area contributed by atoms with E-state index in [-0.39, 0.29) is 0 Å². The van der Waals surface area contributed by atoms with Crippen molar-refractivity contribution in [1.82, 2.24) is 14.5 Å². The molecule has 33 heavy (non-hydrogen) atoms. The number of hydrogen-bond acceptors (Lipinski definition) is 3. The molecule has 0 radical (unpaired) electrons. The van der Waals surface area contributed by atoms with Gasteiger partial charge in [0.1, 0.15) is 0 Å². The van der Waals surface area contributed by atoms with Crippen LogP contribution in [0, 0.1) is 6.92 Å². The minimum absolute atomic E-state index is 0.741. The molecule has 0 spiro atoms. The zero-order valence-corrected chi connectivity index (χ0v) is 21.4. The molecular weight excluding hydrogens is 467 g/mol. The quantitative estimate of drug-likeness (QED) is 0.254. The second-order valence-electron chi connectivity index (χ2n) is 9.65. The number of pyridine rings is 1. The van der Waals surface area contributed by atoms with E-state index in [2.05, 4.69) is 94.4 Å². The van der Waals surface area contributed by atoms with Gasteiger partial charge >= 0.3 is 196 Å². The normalized spacial score (nSPS) is 12.2. The molecule has 6 rings (SSSR count). The van der Waals surface area contributed by atoms with E-state index in [9.17, 15) is 0 Å². The fourth-order valence-electron chi connectivity index (χ4n) is 4.60. The van der Waals surface area contributed by atoms with E-state index in [1.165, 1.54) is 4.40 Å². The van der Waals surface area contributed by atoms with Crippen LogP contribution < -0.4 is 4.40 Å². The molecule has 0 N–H and O–H groups in total. The second kappa shape index (κ2) is 7.32. The van der Waals surface area contributed by atoms with Crippen LogP contribution in [0.25, 0.3) is 50.2 Å². The Labute approximate surface area is 195 Å². The number of benzene rings is 3. The number of rotatable bonds is 3. The number of para-hydroxylation sites is 2. The Morgan fingerprint density at radius 3 is 2.45 bits per heavy atom. The van der Waals surface area contributed by atoms with Gasteiger partial charge in [0.2, 0.25) is 0 Å². The van der Waals surface area contributed by atoms with Crippen LogP contribution in [0.4, 0.5) is 0 Å². The van der Waals surface area contributed by atoms with E-state index >= 15 is 0 Å². The van der Waals surface area contributed by atoms with Crippen molar-refractivity contribution < 1.29 is 4.42 Å². The Morgan fingerprint density at radius 2 is 1.67 bits per heavy atom. The van der Waals surface area contributed by atoms with Crippen LogP contribution in [-0.4, -0.2) is 27.8 Å². The van der Waals surface area contributed by atoms with E-state index in [0.29, 0.717) is 0 Å². The molecule has 0 aliphatic rings. The molecule has 0 atom stereocenters. The monoisotopic (exact) mass is 493 g/mol. The topological polar surface area (TPSA) is 43.9 Å². The summed E-state index contributed by atoms with van der Waals surface area (Å²) in [4.78, 5) is 9.58. The molecule has 0 fully saturated rings. The third-order valence-electron chi connectivity index (χ3n) is 6.37. The molecule has 4 nitrogen and oxygen atoms in total. The van der Waals surface area contributed by atoms with Gasteiger partial charge in [0.15, 0.2) is 0 Å². The van der Waals surface area contributed by atoms with Gasteiger partial charge in [0.25, 0.3) is 0 Å². The van der Waals surface area contributed by atoms with Gasteiger partial charge < -0.3 is 0 Å². The first-order chi connectivity index (χ1) is 15.9. The van der Waals surface area contributed by atoms with Crippen LogP contribution in [0.2, 0.25) is 17.3 Å². The number of aromatic nitrogens is 3. The van der Waals surface area contributed by atoms with Crippen LogP contribution in [0.3, 0.4) is 0 Å². The van der Waals surface area contributed by atoms with Gasteiger partial charge in [-0.15, -0.1) is 0 Å². The van der Waals surface area contributed by atoms with Crippen molar-refractivity contribution in [3.8, 4) is 17.1 Å². The van der Waals surface area contributed by atoms with E-state index in [1.807, 2.05) is 18.3 Å². The Morgan fingerprint density at radius 1 is 0.848 bits per heavy atom. The summed E-state index contributed by atoms with van der Waals surface area (Å²) in [5, 5.41) is 2.27. The van der Waals surface area contributed by atoms with Crippen LogP contribution >= 0.6 is 0 Å². The maximum atomic E-state index is 6.55. The van der Waals surface area contributed by atoms with E-state index in [4.69, 9.17) is 9.40 Å². The molecule has 0 saturated carbocycles. The predicted molar refractivity (Wildman–Crippen MR) is 139 cm³/mol. The molecule has 3 heterocycles. The Kier molecular flexibility index (Phi) is 4.49.